The lowest BCUT2D eigenvalue weighted by Crippen LogP contribution is -2.59. The highest BCUT2D eigenvalue weighted by Crippen LogP contribution is 2.45. The van der Waals surface area contributed by atoms with Crippen LogP contribution in [0.4, 0.5) is 0 Å². The number of hydrogen-bond acceptors (Lipinski definition) is 5. The number of rotatable bonds is 3. The molecule has 0 radical (unpaired) electrons. The summed E-state index contributed by atoms with van der Waals surface area (Å²) in [5.74, 6) is 0.228. The van der Waals surface area contributed by atoms with Gasteiger partial charge < -0.3 is 4.90 Å². The Morgan fingerprint density at radius 3 is 2.58 bits per heavy atom. The van der Waals surface area contributed by atoms with Crippen LogP contribution in [0.1, 0.15) is 19.3 Å². The molecule has 1 atom stereocenters. The standard InChI is InChI=1S/C16H23N3O3S2/c1-17-10-16(9-13(17)15(20)18-6-2-3-7-18)11-19(12-16)24(21,22)14-5-4-8-23-14/h4-5,8,13H,2-3,6-7,9-12H2,1H3. The second kappa shape index (κ2) is 5.79. The van der Waals surface area contributed by atoms with Crippen molar-refractivity contribution >= 4 is 27.3 Å². The molecule has 6 nitrogen and oxygen atoms in total. The number of hydrogen-bond donors (Lipinski definition) is 0. The number of thiophene rings is 1. The van der Waals surface area contributed by atoms with Crippen molar-refractivity contribution in [2.24, 2.45) is 5.41 Å². The van der Waals surface area contributed by atoms with Gasteiger partial charge in [0.15, 0.2) is 0 Å². The van der Waals surface area contributed by atoms with Gasteiger partial charge in [-0.3, -0.25) is 9.69 Å². The Bertz CT molecular complexity index is 720. The van der Waals surface area contributed by atoms with Crippen LogP contribution in [0.25, 0.3) is 0 Å². The van der Waals surface area contributed by atoms with Crippen molar-refractivity contribution in [2.45, 2.75) is 29.5 Å². The van der Waals surface area contributed by atoms with Gasteiger partial charge in [-0.2, -0.15) is 4.31 Å². The van der Waals surface area contributed by atoms with E-state index in [-0.39, 0.29) is 17.4 Å². The maximum atomic E-state index is 12.7. The van der Waals surface area contributed by atoms with Gasteiger partial charge in [-0.15, -0.1) is 11.3 Å². The van der Waals surface area contributed by atoms with Crippen LogP contribution in [0.5, 0.6) is 0 Å². The Kier molecular flexibility index (Phi) is 3.98. The summed E-state index contributed by atoms with van der Waals surface area (Å²) in [4.78, 5) is 16.8. The highest BCUT2D eigenvalue weighted by atomic mass is 32.2. The minimum Gasteiger partial charge on any atom is -0.341 e. The average molecular weight is 370 g/mol. The van der Waals surface area contributed by atoms with E-state index in [1.54, 1.807) is 21.8 Å². The molecule has 1 unspecified atom stereocenters. The second-order valence-electron chi connectivity index (χ2n) is 7.37. The quantitative estimate of drug-likeness (QED) is 0.800. The van der Waals surface area contributed by atoms with E-state index in [1.165, 1.54) is 11.3 Å². The smallest absolute Gasteiger partial charge is 0.252 e. The summed E-state index contributed by atoms with van der Waals surface area (Å²) in [5, 5.41) is 1.79. The van der Waals surface area contributed by atoms with Crippen LogP contribution >= 0.6 is 11.3 Å². The molecule has 3 fully saturated rings. The number of likely N-dealkylation sites (tertiary alicyclic amines) is 2. The fourth-order valence-corrected chi connectivity index (χ4v) is 7.14. The van der Waals surface area contributed by atoms with Gasteiger partial charge in [0.1, 0.15) is 4.21 Å². The van der Waals surface area contributed by atoms with E-state index in [4.69, 9.17) is 0 Å². The summed E-state index contributed by atoms with van der Waals surface area (Å²) in [7, 11) is -1.37. The first-order valence-corrected chi connectivity index (χ1v) is 10.8. The molecule has 0 saturated carbocycles. The van der Waals surface area contributed by atoms with Gasteiger partial charge in [0, 0.05) is 38.1 Å². The average Bonchev–Trinajstić information content (AvgIpc) is 3.25. The van der Waals surface area contributed by atoms with Crippen LogP contribution in [0, 0.1) is 5.41 Å². The number of carbonyl (C=O) groups is 1. The van der Waals surface area contributed by atoms with Crippen molar-refractivity contribution in [1.82, 2.24) is 14.1 Å². The van der Waals surface area contributed by atoms with Crippen molar-refractivity contribution in [2.75, 3.05) is 39.8 Å². The first-order chi connectivity index (χ1) is 11.4. The van der Waals surface area contributed by atoms with Crippen LogP contribution in [0.15, 0.2) is 21.7 Å². The largest absolute Gasteiger partial charge is 0.341 e. The molecule has 1 aromatic rings. The van der Waals surface area contributed by atoms with E-state index >= 15 is 0 Å². The van der Waals surface area contributed by atoms with Gasteiger partial charge in [-0.1, -0.05) is 6.07 Å². The number of carbonyl (C=O) groups excluding carboxylic acids is 1. The predicted octanol–water partition coefficient (Wildman–Crippen LogP) is 1.07. The third-order valence-electron chi connectivity index (χ3n) is 5.56. The first kappa shape index (κ1) is 16.5. The third kappa shape index (κ3) is 2.60. The summed E-state index contributed by atoms with van der Waals surface area (Å²) in [6.07, 6.45) is 2.97. The van der Waals surface area contributed by atoms with Gasteiger partial charge in [-0.05, 0) is 37.8 Å². The molecule has 3 saturated heterocycles. The second-order valence-corrected chi connectivity index (χ2v) is 10.5. The van der Waals surface area contributed by atoms with Gasteiger partial charge in [0.25, 0.3) is 10.0 Å². The van der Waals surface area contributed by atoms with Crippen LogP contribution in [-0.2, 0) is 14.8 Å². The minimum atomic E-state index is -3.36. The number of sulfonamides is 1. The molecule has 0 bridgehead atoms. The Morgan fingerprint density at radius 2 is 1.96 bits per heavy atom. The van der Waals surface area contributed by atoms with Gasteiger partial charge >= 0.3 is 0 Å². The van der Waals surface area contributed by atoms with Gasteiger partial charge in [0.05, 0.1) is 6.04 Å². The summed E-state index contributed by atoms with van der Waals surface area (Å²) >= 11 is 1.26. The van der Waals surface area contributed by atoms with Crippen molar-refractivity contribution < 1.29 is 13.2 Å². The van der Waals surface area contributed by atoms with Gasteiger partial charge in [-0.25, -0.2) is 8.42 Å². The van der Waals surface area contributed by atoms with Crippen molar-refractivity contribution in [1.29, 1.82) is 0 Å². The van der Waals surface area contributed by atoms with E-state index in [0.29, 0.717) is 17.3 Å². The lowest BCUT2D eigenvalue weighted by molar-refractivity contribution is -0.134. The Hall–Kier alpha value is -0.960. The lowest BCUT2D eigenvalue weighted by Gasteiger charge is -2.46. The Balaban J connectivity index is 1.43. The third-order valence-corrected chi connectivity index (χ3v) is 8.72. The lowest BCUT2D eigenvalue weighted by atomic mass is 9.79. The van der Waals surface area contributed by atoms with Gasteiger partial charge in [0.2, 0.25) is 5.91 Å². The van der Waals surface area contributed by atoms with E-state index < -0.39 is 10.0 Å². The molecule has 132 valence electrons. The van der Waals surface area contributed by atoms with Crippen molar-refractivity contribution in [3.8, 4) is 0 Å². The molecule has 3 aliphatic rings. The highest BCUT2D eigenvalue weighted by Gasteiger charge is 2.55. The summed E-state index contributed by atoms with van der Waals surface area (Å²) in [6, 6.07) is 3.34. The maximum Gasteiger partial charge on any atom is 0.252 e. The first-order valence-electron chi connectivity index (χ1n) is 8.44. The fraction of sp³-hybridized carbons (Fsp3) is 0.688. The number of nitrogens with zero attached hydrogens (tertiary/aromatic N) is 3. The van der Waals surface area contributed by atoms with E-state index in [0.717, 1.165) is 38.9 Å². The predicted molar refractivity (Wildman–Crippen MR) is 92.4 cm³/mol. The van der Waals surface area contributed by atoms with E-state index in [2.05, 4.69) is 4.90 Å². The van der Waals surface area contributed by atoms with Crippen molar-refractivity contribution in [3.05, 3.63) is 17.5 Å². The van der Waals surface area contributed by atoms with Crippen LogP contribution < -0.4 is 0 Å². The topological polar surface area (TPSA) is 60.9 Å². The highest BCUT2D eigenvalue weighted by molar-refractivity contribution is 7.91. The fourth-order valence-electron chi connectivity index (χ4n) is 4.33. The van der Waals surface area contributed by atoms with Crippen LogP contribution in [0.3, 0.4) is 0 Å². The van der Waals surface area contributed by atoms with Crippen LogP contribution in [0.2, 0.25) is 0 Å². The molecule has 3 aliphatic heterocycles. The molecule has 8 heteroatoms. The SMILES string of the molecule is CN1CC2(CC1C(=O)N1CCCC1)CN(S(=O)(=O)c1cccs1)C2. The monoisotopic (exact) mass is 369 g/mol. The summed E-state index contributed by atoms with van der Waals surface area (Å²) < 4.78 is 27.1. The number of amides is 1. The molecule has 0 aromatic carbocycles. The molecular weight excluding hydrogens is 346 g/mol. The molecule has 0 aliphatic carbocycles. The molecule has 0 N–H and O–H groups in total. The molecule has 4 rings (SSSR count). The zero-order chi connectivity index (χ0) is 16.9. The van der Waals surface area contributed by atoms with E-state index in [1.807, 2.05) is 11.9 Å². The molecule has 1 spiro atoms. The Morgan fingerprint density at radius 1 is 1.25 bits per heavy atom. The molecular formula is C16H23N3O3S2. The molecule has 1 aromatic heterocycles. The summed E-state index contributed by atoms with van der Waals surface area (Å²) in [5.41, 5.74) is -0.0564. The van der Waals surface area contributed by atoms with Crippen LogP contribution in [-0.4, -0.2) is 74.2 Å². The zero-order valence-electron chi connectivity index (χ0n) is 13.8. The normalized spacial score (nSPS) is 27.7. The molecule has 4 heterocycles. The summed E-state index contributed by atoms with van der Waals surface area (Å²) in [6.45, 7) is 3.60. The Labute approximate surface area is 147 Å². The maximum absolute atomic E-state index is 12.7. The molecule has 1 amide bonds. The molecule has 24 heavy (non-hydrogen) atoms. The minimum absolute atomic E-state index is 0.0564. The van der Waals surface area contributed by atoms with E-state index in [9.17, 15) is 13.2 Å². The van der Waals surface area contributed by atoms with Crippen molar-refractivity contribution in [3.63, 3.8) is 0 Å². The number of likely N-dealkylation sites (N-methyl/N-ethyl adjacent to an activating group) is 1. The zero-order valence-corrected chi connectivity index (χ0v) is 15.5.